The van der Waals surface area contributed by atoms with Crippen molar-refractivity contribution >= 4 is 29.9 Å². The summed E-state index contributed by atoms with van der Waals surface area (Å²) in [7, 11) is 1.58. The second-order valence-electron chi connectivity index (χ2n) is 5.65. The third-order valence-corrected chi connectivity index (χ3v) is 4.20. The maximum atomic E-state index is 12.4. The molecule has 4 N–H and O–H groups in total. The van der Waals surface area contributed by atoms with Crippen LogP contribution in [0.25, 0.3) is 0 Å². The molecule has 0 saturated heterocycles. The van der Waals surface area contributed by atoms with E-state index >= 15 is 0 Å². The number of anilines is 1. The normalized spacial score (nSPS) is 20.1. The summed E-state index contributed by atoms with van der Waals surface area (Å²) in [6.45, 7) is 2.45. The van der Waals surface area contributed by atoms with Gasteiger partial charge in [-0.1, -0.05) is 18.1 Å². The van der Waals surface area contributed by atoms with Gasteiger partial charge in [-0.15, -0.1) is 12.4 Å². The summed E-state index contributed by atoms with van der Waals surface area (Å²) in [6.07, 6.45) is 2.91. The van der Waals surface area contributed by atoms with Crippen molar-refractivity contribution in [1.82, 2.24) is 5.32 Å². The van der Waals surface area contributed by atoms with Crippen LogP contribution in [-0.2, 0) is 4.79 Å². The average Bonchev–Trinajstić information content (AvgIpc) is 2.96. The molecule has 1 aromatic rings. The molecule has 1 fully saturated rings. The van der Waals surface area contributed by atoms with E-state index in [4.69, 9.17) is 5.73 Å². The van der Waals surface area contributed by atoms with Crippen LogP contribution >= 0.6 is 12.4 Å². The van der Waals surface area contributed by atoms with Crippen LogP contribution in [0.3, 0.4) is 0 Å². The molecule has 1 aromatic carbocycles. The lowest BCUT2D eigenvalue weighted by Gasteiger charge is -2.18. The monoisotopic (exact) mass is 325 g/mol. The van der Waals surface area contributed by atoms with Gasteiger partial charge < -0.3 is 16.4 Å². The highest BCUT2D eigenvalue weighted by Crippen LogP contribution is 2.32. The van der Waals surface area contributed by atoms with E-state index in [1.165, 1.54) is 0 Å². The fourth-order valence-electron chi connectivity index (χ4n) is 2.98. The van der Waals surface area contributed by atoms with Gasteiger partial charge in [-0.25, -0.2) is 0 Å². The Balaban J connectivity index is 0.00000242. The van der Waals surface area contributed by atoms with Crippen LogP contribution in [0.4, 0.5) is 5.69 Å². The molecule has 0 heterocycles. The molecule has 5 nitrogen and oxygen atoms in total. The highest BCUT2D eigenvalue weighted by molar-refractivity contribution is 6.04. The molecule has 2 amide bonds. The van der Waals surface area contributed by atoms with Gasteiger partial charge in [-0.2, -0.15) is 0 Å². The number of nitrogens with one attached hydrogen (secondary N) is 2. The first-order chi connectivity index (χ1) is 10.1. The molecule has 0 unspecified atom stereocenters. The minimum Gasteiger partial charge on any atom is -0.355 e. The summed E-state index contributed by atoms with van der Waals surface area (Å²) in [4.78, 5) is 24.4. The largest absolute Gasteiger partial charge is 0.355 e. The fourth-order valence-corrected chi connectivity index (χ4v) is 2.98. The summed E-state index contributed by atoms with van der Waals surface area (Å²) in [5, 5.41) is 5.51. The highest BCUT2D eigenvalue weighted by atomic mass is 35.5. The molecule has 1 aliphatic rings. The van der Waals surface area contributed by atoms with Gasteiger partial charge in [0.05, 0.1) is 11.3 Å². The predicted octanol–water partition coefficient (Wildman–Crippen LogP) is 2.09. The molecule has 0 aromatic heterocycles. The predicted molar refractivity (Wildman–Crippen MR) is 90.3 cm³/mol. The number of hydrogen-bond acceptors (Lipinski definition) is 3. The Morgan fingerprint density at radius 1 is 1.32 bits per heavy atom. The number of halogens is 1. The van der Waals surface area contributed by atoms with Crippen LogP contribution in [0.1, 0.15) is 35.2 Å². The SMILES string of the molecule is CNC(=O)c1cc(C)ccc1NC(=O)[C@@H]1CCC[C@@H]1CN.Cl. The lowest BCUT2D eigenvalue weighted by Crippen LogP contribution is -2.30. The van der Waals surface area contributed by atoms with Crippen LogP contribution in [0.2, 0.25) is 0 Å². The van der Waals surface area contributed by atoms with Crippen LogP contribution in [0, 0.1) is 18.8 Å². The minimum absolute atomic E-state index is 0. The number of aryl methyl sites for hydroxylation is 1. The molecule has 6 heteroatoms. The van der Waals surface area contributed by atoms with Gasteiger partial charge in [0, 0.05) is 13.0 Å². The summed E-state index contributed by atoms with van der Waals surface area (Å²) in [5.41, 5.74) is 7.77. The average molecular weight is 326 g/mol. The van der Waals surface area contributed by atoms with Gasteiger partial charge in [-0.05, 0) is 44.4 Å². The Labute approximate surface area is 137 Å². The molecule has 0 spiro atoms. The van der Waals surface area contributed by atoms with E-state index in [0.717, 1.165) is 24.8 Å². The third-order valence-electron chi connectivity index (χ3n) is 4.20. The van der Waals surface area contributed by atoms with E-state index in [2.05, 4.69) is 10.6 Å². The fraction of sp³-hybridized carbons (Fsp3) is 0.500. The molecule has 1 aliphatic carbocycles. The molecular weight excluding hydrogens is 302 g/mol. The van der Waals surface area contributed by atoms with Crippen molar-refractivity contribution in [1.29, 1.82) is 0 Å². The summed E-state index contributed by atoms with van der Waals surface area (Å²) in [6, 6.07) is 5.45. The Morgan fingerprint density at radius 2 is 2.05 bits per heavy atom. The van der Waals surface area contributed by atoms with Crippen LogP contribution in [0.5, 0.6) is 0 Å². The number of nitrogens with two attached hydrogens (primary N) is 1. The van der Waals surface area contributed by atoms with Gasteiger partial charge >= 0.3 is 0 Å². The Hall–Kier alpha value is -1.59. The zero-order valence-electron chi connectivity index (χ0n) is 13.0. The van der Waals surface area contributed by atoms with Gasteiger partial charge in [-0.3, -0.25) is 9.59 Å². The number of carbonyl (C=O) groups excluding carboxylic acids is 2. The maximum absolute atomic E-state index is 12.4. The van der Waals surface area contributed by atoms with Gasteiger partial charge in [0.15, 0.2) is 0 Å². The van der Waals surface area contributed by atoms with Crippen molar-refractivity contribution in [3.05, 3.63) is 29.3 Å². The molecule has 2 rings (SSSR count). The zero-order valence-corrected chi connectivity index (χ0v) is 13.8. The van der Waals surface area contributed by atoms with Crippen LogP contribution < -0.4 is 16.4 Å². The molecule has 122 valence electrons. The standard InChI is InChI=1S/C16H23N3O2.ClH/c1-10-6-7-14(13(8-10)15(20)18-2)19-16(21)12-5-3-4-11(12)9-17;/h6-8,11-12H,3-5,9,17H2,1-2H3,(H,18,20)(H,19,21);1H/t11-,12-;/m1./s1. The molecule has 0 bridgehead atoms. The van der Waals surface area contributed by atoms with E-state index in [-0.39, 0.29) is 36.1 Å². The zero-order chi connectivity index (χ0) is 15.4. The second-order valence-corrected chi connectivity index (χ2v) is 5.65. The number of rotatable bonds is 4. The van der Waals surface area contributed by atoms with E-state index < -0.39 is 0 Å². The lowest BCUT2D eigenvalue weighted by molar-refractivity contribution is -0.120. The molecule has 0 radical (unpaired) electrons. The van der Waals surface area contributed by atoms with E-state index in [1.54, 1.807) is 19.2 Å². The van der Waals surface area contributed by atoms with Gasteiger partial charge in [0.1, 0.15) is 0 Å². The first-order valence-electron chi connectivity index (χ1n) is 7.40. The topological polar surface area (TPSA) is 84.2 Å². The lowest BCUT2D eigenvalue weighted by atomic mass is 9.95. The minimum atomic E-state index is -0.198. The summed E-state index contributed by atoms with van der Waals surface area (Å²) in [5.74, 6) is -0.0273. The quantitative estimate of drug-likeness (QED) is 0.792. The van der Waals surface area contributed by atoms with Crippen molar-refractivity contribution in [2.75, 3.05) is 18.9 Å². The second kappa shape index (κ2) is 8.15. The van der Waals surface area contributed by atoms with Crippen LogP contribution in [-0.4, -0.2) is 25.4 Å². The summed E-state index contributed by atoms with van der Waals surface area (Å²) >= 11 is 0. The molecule has 0 aliphatic heterocycles. The molecule has 2 atom stereocenters. The number of benzene rings is 1. The Bertz CT molecular complexity index is 548. The smallest absolute Gasteiger partial charge is 0.253 e. The van der Waals surface area contributed by atoms with Gasteiger partial charge in [0.25, 0.3) is 5.91 Å². The number of hydrogen-bond donors (Lipinski definition) is 3. The molecular formula is C16H24ClN3O2. The first kappa shape index (κ1) is 18.5. The first-order valence-corrected chi connectivity index (χ1v) is 7.40. The molecule has 22 heavy (non-hydrogen) atoms. The molecule has 1 saturated carbocycles. The van der Waals surface area contributed by atoms with Crippen molar-refractivity contribution in [2.24, 2.45) is 17.6 Å². The highest BCUT2D eigenvalue weighted by Gasteiger charge is 2.32. The van der Waals surface area contributed by atoms with Crippen LogP contribution in [0.15, 0.2) is 18.2 Å². The van der Waals surface area contributed by atoms with Crippen molar-refractivity contribution < 1.29 is 9.59 Å². The van der Waals surface area contributed by atoms with E-state index in [1.807, 2.05) is 13.0 Å². The summed E-state index contributed by atoms with van der Waals surface area (Å²) < 4.78 is 0. The van der Waals surface area contributed by atoms with Gasteiger partial charge in [0.2, 0.25) is 5.91 Å². The Morgan fingerprint density at radius 3 is 2.68 bits per heavy atom. The van der Waals surface area contributed by atoms with E-state index in [0.29, 0.717) is 17.8 Å². The maximum Gasteiger partial charge on any atom is 0.253 e. The Kier molecular flexibility index (Phi) is 6.84. The van der Waals surface area contributed by atoms with Crippen molar-refractivity contribution in [2.45, 2.75) is 26.2 Å². The van der Waals surface area contributed by atoms with Crippen molar-refractivity contribution in [3.8, 4) is 0 Å². The number of amides is 2. The number of carbonyl (C=O) groups is 2. The third kappa shape index (κ3) is 3.99. The van der Waals surface area contributed by atoms with E-state index in [9.17, 15) is 9.59 Å². The van der Waals surface area contributed by atoms with Crippen molar-refractivity contribution in [3.63, 3.8) is 0 Å².